The molecular formula is C19H20F3N3O5S. The lowest BCUT2D eigenvalue weighted by molar-refractivity contribution is -0.137. The van der Waals surface area contributed by atoms with Gasteiger partial charge in [-0.05, 0) is 24.5 Å². The number of amides is 1. The summed E-state index contributed by atoms with van der Waals surface area (Å²) in [5, 5.41) is 13.8. The van der Waals surface area contributed by atoms with Crippen LogP contribution in [0.15, 0.2) is 35.3 Å². The summed E-state index contributed by atoms with van der Waals surface area (Å²) in [6.45, 7) is -0.0126. The molecule has 1 amide bonds. The molecule has 1 aliphatic rings. The van der Waals surface area contributed by atoms with Crippen LogP contribution in [0.5, 0.6) is 5.75 Å². The van der Waals surface area contributed by atoms with Crippen LogP contribution >= 0.6 is 0 Å². The van der Waals surface area contributed by atoms with Crippen molar-refractivity contribution in [1.29, 1.82) is 0 Å². The Morgan fingerprint density at radius 3 is 2.52 bits per heavy atom. The van der Waals surface area contributed by atoms with Gasteiger partial charge in [0.25, 0.3) is 11.3 Å². The van der Waals surface area contributed by atoms with E-state index in [2.05, 4.69) is 5.10 Å². The zero-order valence-electron chi connectivity index (χ0n) is 16.4. The highest BCUT2D eigenvalue weighted by molar-refractivity contribution is 7.89. The Kier molecular flexibility index (Phi) is 5.87. The Bertz CT molecular complexity index is 1170. The van der Waals surface area contributed by atoms with Crippen molar-refractivity contribution in [3.8, 4) is 5.75 Å². The number of carbonyl (C=O) groups excluding carboxylic acids is 1. The number of aromatic hydroxyl groups is 1. The van der Waals surface area contributed by atoms with Crippen molar-refractivity contribution in [3.05, 3.63) is 57.5 Å². The molecule has 31 heavy (non-hydrogen) atoms. The first kappa shape index (κ1) is 22.8. The monoisotopic (exact) mass is 459 g/mol. The van der Waals surface area contributed by atoms with Gasteiger partial charge in [0.15, 0.2) is 5.75 Å². The third kappa shape index (κ3) is 5.06. The number of hydrogen-bond acceptors (Lipinski definition) is 6. The van der Waals surface area contributed by atoms with Gasteiger partial charge < -0.3 is 5.11 Å². The first-order chi connectivity index (χ1) is 14.3. The second-order valence-corrected chi connectivity index (χ2v) is 9.41. The summed E-state index contributed by atoms with van der Waals surface area (Å²) in [6, 6.07) is 4.95. The number of alkyl halides is 3. The van der Waals surface area contributed by atoms with Crippen molar-refractivity contribution in [1.82, 2.24) is 14.5 Å². The average molecular weight is 459 g/mol. The molecule has 0 saturated heterocycles. The Morgan fingerprint density at radius 1 is 1.29 bits per heavy atom. The van der Waals surface area contributed by atoms with Gasteiger partial charge in [0.05, 0.1) is 24.6 Å². The van der Waals surface area contributed by atoms with Crippen LogP contribution in [0.3, 0.4) is 0 Å². The Labute approximate surface area is 175 Å². The number of halogens is 3. The van der Waals surface area contributed by atoms with Gasteiger partial charge in [-0.25, -0.2) is 13.1 Å². The second-order valence-electron chi connectivity index (χ2n) is 7.66. The van der Waals surface area contributed by atoms with Crippen LogP contribution in [0.4, 0.5) is 13.2 Å². The molecule has 1 aliphatic carbocycles. The molecule has 1 aromatic carbocycles. The van der Waals surface area contributed by atoms with Crippen LogP contribution in [0.1, 0.15) is 47.3 Å². The van der Waals surface area contributed by atoms with Crippen LogP contribution < -0.4 is 10.2 Å². The average Bonchev–Trinajstić information content (AvgIpc) is 3.12. The van der Waals surface area contributed by atoms with Gasteiger partial charge in [0.1, 0.15) is 0 Å². The summed E-state index contributed by atoms with van der Waals surface area (Å²) in [5.74, 6) is -2.14. The van der Waals surface area contributed by atoms with Crippen molar-refractivity contribution in [2.45, 2.75) is 43.8 Å². The summed E-state index contributed by atoms with van der Waals surface area (Å²) in [4.78, 5) is 24.2. The Hall–Kier alpha value is -2.89. The minimum absolute atomic E-state index is 0.0126. The molecule has 8 nitrogen and oxygen atoms in total. The third-order valence-corrected chi connectivity index (χ3v) is 5.82. The highest BCUT2D eigenvalue weighted by Crippen LogP contribution is 2.44. The molecule has 2 N–H and O–H groups in total. The summed E-state index contributed by atoms with van der Waals surface area (Å²) >= 11 is 0. The first-order valence-electron chi connectivity index (χ1n) is 9.31. The molecule has 0 aliphatic heterocycles. The zero-order chi connectivity index (χ0) is 23.0. The fourth-order valence-electron chi connectivity index (χ4n) is 3.90. The second kappa shape index (κ2) is 7.98. The van der Waals surface area contributed by atoms with Crippen molar-refractivity contribution in [2.75, 3.05) is 6.26 Å². The number of hydrogen-bond donors (Lipinski definition) is 2. The van der Waals surface area contributed by atoms with E-state index in [1.807, 2.05) is 0 Å². The highest BCUT2D eigenvalue weighted by atomic mass is 32.2. The molecular weight excluding hydrogens is 439 g/mol. The fraction of sp³-hybridized carbons (Fsp3) is 0.421. The lowest BCUT2D eigenvalue weighted by Gasteiger charge is -2.31. The standard InChI is InChI=1S/C19H20F3N3O5S/c1-31(29,30)24-17(28)15-16(27)14(26)10-25(23-15)11-18(7-2-3-8-18)12-5-4-6-13(9-12)19(20,21)22/h4-6,9-10,26H,2-3,7-8,11H2,1H3,(H,24,28). The molecule has 1 fully saturated rings. The van der Waals surface area contributed by atoms with Crippen molar-refractivity contribution >= 4 is 15.9 Å². The third-order valence-electron chi connectivity index (χ3n) is 5.27. The van der Waals surface area contributed by atoms with E-state index in [0.29, 0.717) is 24.7 Å². The van der Waals surface area contributed by atoms with Crippen LogP contribution in [-0.4, -0.2) is 35.5 Å². The number of sulfonamides is 1. The maximum atomic E-state index is 13.2. The van der Waals surface area contributed by atoms with Crippen molar-refractivity contribution in [3.63, 3.8) is 0 Å². The van der Waals surface area contributed by atoms with E-state index < -0.39 is 50.0 Å². The lowest BCUT2D eigenvalue weighted by atomic mass is 9.78. The van der Waals surface area contributed by atoms with Gasteiger partial charge in [-0.15, -0.1) is 0 Å². The van der Waals surface area contributed by atoms with Gasteiger partial charge in [-0.3, -0.25) is 14.3 Å². The predicted molar refractivity (Wildman–Crippen MR) is 104 cm³/mol. The van der Waals surface area contributed by atoms with Gasteiger partial charge in [0, 0.05) is 5.41 Å². The van der Waals surface area contributed by atoms with Crippen LogP contribution in [0.2, 0.25) is 0 Å². The van der Waals surface area contributed by atoms with Gasteiger partial charge in [-0.2, -0.15) is 18.3 Å². The molecule has 3 rings (SSSR count). The molecule has 0 unspecified atom stereocenters. The van der Waals surface area contributed by atoms with Crippen LogP contribution in [0, 0.1) is 0 Å². The molecule has 0 bridgehead atoms. The summed E-state index contributed by atoms with van der Waals surface area (Å²) in [6.07, 6.45) is -0.240. The molecule has 12 heteroatoms. The maximum Gasteiger partial charge on any atom is 0.416 e. The number of aromatic nitrogens is 2. The molecule has 168 valence electrons. The van der Waals surface area contributed by atoms with E-state index >= 15 is 0 Å². The van der Waals surface area contributed by atoms with Gasteiger partial charge >= 0.3 is 6.18 Å². The molecule has 2 aromatic rings. The molecule has 0 spiro atoms. The smallest absolute Gasteiger partial charge is 0.416 e. The van der Waals surface area contributed by atoms with E-state index in [9.17, 15) is 36.3 Å². The highest BCUT2D eigenvalue weighted by Gasteiger charge is 2.39. The molecule has 0 radical (unpaired) electrons. The number of rotatable bonds is 5. The number of benzene rings is 1. The lowest BCUT2D eigenvalue weighted by Crippen LogP contribution is -2.36. The maximum absolute atomic E-state index is 13.2. The summed E-state index contributed by atoms with van der Waals surface area (Å²) in [7, 11) is -3.99. The Morgan fingerprint density at radius 2 is 1.94 bits per heavy atom. The number of nitrogens with zero attached hydrogens (tertiary/aromatic N) is 2. The SMILES string of the molecule is CS(=O)(=O)NC(=O)c1nn(CC2(c3cccc(C(F)(F)F)c3)CCCC2)cc(O)c1=O. The van der Waals surface area contributed by atoms with Gasteiger partial charge in [-0.1, -0.05) is 31.0 Å². The molecule has 1 saturated carbocycles. The summed E-state index contributed by atoms with van der Waals surface area (Å²) in [5.41, 5.74) is -3.11. The topological polar surface area (TPSA) is 118 Å². The van der Waals surface area contributed by atoms with Crippen molar-refractivity contribution in [2.24, 2.45) is 0 Å². The largest absolute Gasteiger partial charge is 0.503 e. The van der Waals surface area contributed by atoms with Gasteiger partial charge in [0.2, 0.25) is 15.7 Å². The fourth-order valence-corrected chi connectivity index (χ4v) is 4.33. The van der Waals surface area contributed by atoms with E-state index in [1.165, 1.54) is 6.07 Å². The molecule has 1 heterocycles. The van der Waals surface area contributed by atoms with E-state index in [1.54, 1.807) is 10.8 Å². The molecule has 1 aromatic heterocycles. The van der Waals surface area contributed by atoms with E-state index in [-0.39, 0.29) is 6.54 Å². The summed E-state index contributed by atoms with van der Waals surface area (Å²) < 4.78 is 64.9. The minimum atomic E-state index is -4.51. The number of nitrogens with one attached hydrogen (secondary N) is 1. The number of carbonyl (C=O) groups is 1. The quantitative estimate of drug-likeness (QED) is 0.708. The van der Waals surface area contributed by atoms with Crippen LogP contribution in [0.25, 0.3) is 0 Å². The molecule has 0 atom stereocenters. The van der Waals surface area contributed by atoms with E-state index in [4.69, 9.17) is 0 Å². The first-order valence-corrected chi connectivity index (χ1v) is 11.2. The minimum Gasteiger partial charge on any atom is -0.503 e. The normalized spacial score (nSPS) is 16.3. The Balaban J connectivity index is 2.03. The van der Waals surface area contributed by atoms with Crippen molar-refractivity contribution < 1.29 is 31.5 Å². The van der Waals surface area contributed by atoms with Crippen LogP contribution in [-0.2, 0) is 28.2 Å². The van der Waals surface area contributed by atoms with E-state index in [0.717, 1.165) is 35.9 Å². The predicted octanol–water partition coefficient (Wildman–Crippen LogP) is 2.17. The zero-order valence-corrected chi connectivity index (χ0v) is 17.3.